The van der Waals surface area contributed by atoms with E-state index in [0.717, 1.165) is 36.8 Å². The van der Waals surface area contributed by atoms with E-state index in [4.69, 9.17) is 10.5 Å². The maximum Gasteiger partial charge on any atom is 0.338 e. The molecule has 0 aromatic heterocycles. The Bertz CT molecular complexity index is 642. The fourth-order valence-corrected chi connectivity index (χ4v) is 2.57. The second kappa shape index (κ2) is 9.38. The van der Waals surface area contributed by atoms with Gasteiger partial charge in [-0.15, -0.1) is 12.4 Å². The topological polar surface area (TPSA) is 55.6 Å². The first-order chi connectivity index (χ1) is 10.7. The summed E-state index contributed by atoms with van der Waals surface area (Å²) in [6, 6.07) is 11.3. The van der Waals surface area contributed by atoms with E-state index in [9.17, 15) is 4.79 Å². The summed E-state index contributed by atoms with van der Waals surface area (Å²) in [4.78, 5) is 14.6. The fourth-order valence-electron chi connectivity index (χ4n) is 2.57. The molecule has 2 rings (SSSR count). The number of esters is 1. The fraction of sp³-hybridized carbons (Fsp3) is 0.389. The number of benzene rings is 2. The van der Waals surface area contributed by atoms with Gasteiger partial charge in [0.25, 0.3) is 0 Å². The van der Waals surface area contributed by atoms with Gasteiger partial charge in [-0.3, -0.25) is 0 Å². The normalized spacial score (nSPS) is 10.6. The van der Waals surface area contributed by atoms with Crippen molar-refractivity contribution in [1.82, 2.24) is 4.90 Å². The zero-order valence-electron chi connectivity index (χ0n) is 13.7. The van der Waals surface area contributed by atoms with E-state index in [2.05, 4.69) is 18.7 Å². The van der Waals surface area contributed by atoms with Crippen LogP contribution in [0.3, 0.4) is 0 Å². The summed E-state index contributed by atoms with van der Waals surface area (Å²) in [5.41, 5.74) is 7.00. The summed E-state index contributed by atoms with van der Waals surface area (Å²) < 4.78 is 5.41. The first-order valence-electron chi connectivity index (χ1n) is 7.83. The van der Waals surface area contributed by atoms with Crippen molar-refractivity contribution in [3.05, 3.63) is 42.0 Å². The number of ether oxygens (including phenoxy) is 1. The second-order valence-electron chi connectivity index (χ2n) is 5.31. The Kier molecular flexibility index (Phi) is 7.86. The van der Waals surface area contributed by atoms with Gasteiger partial charge in [-0.1, -0.05) is 38.1 Å². The van der Waals surface area contributed by atoms with Gasteiger partial charge in [-0.25, -0.2) is 4.79 Å². The van der Waals surface area contributed by atoms with Gasteiger partial charge in [0.15, 0.2) is 0 Å². The highest BCUT2D eigenvalue weighted by atomic mass is 35.5. The molecule has 0 unspecified atom stereocenters. The van der Waals surface area contributed by atoms with Crippen LogP contribution in [0.25, 0.3) is 10.8 Å². The van der Waals surface area contributed by atoms with Gasteiger partial charge in [0, 0.05) is 12.2 Å². The minimum absolute atomic E-state index is 0. The molecule has 4 nitrogen and oxygen atoms in total. The smallest absolute Gasteiger partial charge is 0.338 e. The quantitative estimate of drug-likeness (QED) is 0.475. The Morgan fingerprint density at radius 1 is 1.17 bits per heavy atom. The largest absolute Gasteiger partial charge is 0.462 e. The molecule has 0 spiro atoms. The molecule has 23 heavy (non-hydrogen) atoms. The summed E-state index contributed by atoms with van der Waals surface area (Å²) in [6.07, 6.45) is 0.841. The van der Waals surface area contributed by atoms with E-state index < -0.39 is 0 Å². The number of carbonyl (C=O) groups is 1. The molecule has 2 N–H and O–H groups in total. The van der Waals surface area contributed by atoms with Gasteiger partial charge >= 0.3 is 5.97 Å². The van der Waals surface area contributed by atoms with Crippen molar-refractivity contribution < 1.29 is 9.53 Å². The lowest BCUT2D eigenvalue weighted by Crippen LogP contribution is -2.25. The van der Waals surface area contributed by atoms with Crippen LogP contribution in [-0.2, 0) is 4.74 Å². The van der Waals surface area contributed by atoms with Crippen molar-refractivity contribution in [3.63, 3.8) is 0 Å². The van der Waals surface area contributed by atoms with Crippen molar-refractivity contribution in [2.45, 2.75) is 20.3 Å². The van der Waals surface area contributed by atoms with E-state index in [-0.39, 0.29) is 18.4 Å². The van der Waals surface area contributed by atoms with Gasteiger partial charge in [-0.05, 0) is 42.4 Å². The summed E-state index contributed by atoms with van der Waals surface area (Å²) in [5, 5.41) is 1.84. The molecular formula is C18H25ClN2O2. The van der Waals surface area contributed by atoms with Gasteiger partial charge in [0.1, 0.15) is 0 Å². The van der Waals surface area contributed by atoms with Gasteiger partial charge in [0.2, 0.25) is 0 Å². The standard InChI is InChI=1S/C18H24N2O2.ClH/c1-3-20(4-2)10-7-11-22-18(21)17-13-15(19)12-14-8-5-6-9-16(14)17;/h5-6,8-9,12-13H,3-4,7,10-11,19H2,1-2H3;1H. The van der Waals surface area contributed by atoms with Gasteiger partial charge in [-0.2, -0.15) is 0 Å². The van der Waals surface area contributed by atoms with E-state index in [1.54, 1.807) is 6.07 Å². The van der Waals surface area contributed by atoms with Crippen LogP contribution in [-0.4, -0.2) is 37.1 Å². The Morgan fingerprint density at radius 2 is 1.87 bits per heavy atom. The summed E-state index contributed by atoms with van der Waals surface area (Å²) in [5.74, 6) is -0.303. The van der Waals surface area contributed by atoms with E-state index in [0.29, 0.717) is 17.9 Å². The van der Waals surface area contributed by atoms with Crippen LogP contribution in [0, 0.1) is 0 Å². The lowest BCUT2D eigenvalue weighted by molar-refractivity contribution is 0.0492. The Hall–Kier alpha value is -1.78. The minimum atomic E-state index is -0.303. The molecular weight excluding hydrogens is 312 g/mol. The average molecular weight is 337 g/mol. The summed E-state index contributed by atoms with van der Waals surface area (Å²) in [6.45, 7) is 7.67. The third-order valence-corrected chi connectivity index (χ3v) is 3.85. The number of carbonyl (C=O) groups excluding carboxylic acids is 1. The number of halogens is 1. The maximum absolute atomic E-state index is 12.3. The van der Waals surface area contributed by atoms with Crippen LogP contribution in [0.1, 0.15) is 30.6 Å². The molecule has 0 aliphatic carbocycles. The SMILES string of the molecule is CCN(CC)CCCOC(=O)c1cc(N)cc2ccccc12.Cl. The predicted octanol–water partition coefficient (Wildman–Crippen LogP) is 3.73. The van der Waals surface area contributed by atoms with Crippen LogP contribution in [0.4, 0.5) is 5.69 Å². The van der Waals surface area contributed by atoms with Crippen molar-refractivity contribution in [1.29, 1.82) is 0 Å². The Morgan fingerprint density at radius 3 is 2.57 bits per heavy atom. The Balaban J connectivity index is 0.00000264. The summed E-state index contributed by atoms with van der Waals surface area (Å²) >= 11 is 0. The third-order valence-electron chi connectivity index (χ3n) is 3.85. The summed E-state index contributed by atoms with van der Waals surface area (Å²) in [7, 11) is 0. The molecule has 0 amide bonds. The molecule has 0 radical (unpaired) electrons. The molecule has 0 saturated heterocycles. The van der Waals surface area contributed by atoms with Gasteiger partial charge < -0.3 is 15.4 Å². The molecule has 0 aliphatic rings. The third kappa shape index (κ3) is 5.12. The van der Waals surface area contributed by atoms with Crippen molar-refractivity contribution in [2.24, 2.45) is 0 Å². The number of anilines is 1. The molecule has 0 fully saturated rings. The minimum Gasteiger partial charge on any atom is -0.462 e. The lowest BCUT2D eigenvalue weighted by Gasteiger charge is -2.17. The Labute approximate surface area is 144 Å². The predicted molar refractivity (Wildman–Crippen MR) is 98.3 cm³/mol. The van der Waals surface area contributed by atoms with Gasteiger partial charge in [0.05, 0.1) is 12.2 Å². The molecule has 0 aliphatic heterocycles. The van der Waals surface area contributed by atoms with Crippen LogP contribution >= 0.6 is 12.4 Å². The maximum atomic E-state index is 12.3. The number of hydrogen-bond acceptors (Lipinski definition) is 4. The van der Waals surface area contributed by atoms with Crippen molar-refractivity contribution in [2.75, 3.05) is 32.0 Å². The number of nitrogen functional groups attached to an aromatic ring is 1. The molecule has 2 aromatic carbocycles. The highest BCUT2D eigenvalue weighted by molar-refractivity contribution is 6.05. The number of nitrogens with zero attached hydrogens (tertiary/aromatic N) is 1. The molecule has 0 saturated carbocycles. The molecule has 2 aromatic rings. The van der Waals surface area contributed by atoms with Crippen LogP contribution in [0.2, 0.25) is 0 Å². The first kappa shape index (κ1) is 19.3. The molecule has 5 heteroatoms. The molecule has 126 valence electrons. The molecule has 0 atom stereocenters. The van der Waals surface area contributed by atoms with Crippen LogP contribution in [0.15, 0.2) is 36.4 Å². The second-order valence-corrected chi connectivity index (χ2v) is 5.31. The van der Waals surface area contributed by atoms with E-state index >= 15 is 0 Å². The van der Waals surface area contributed by atoms with E-state index in [1.165, 1.54) is 0 Å². The highest BCUT2D eigenvalue weighted by Crippen LogP contribution is 2.23. The zero-order chi connectivity index (χ0) is 15.9. The molecule has 0 heterocycles. The van der Waals surface area contributed by atoms with Crippen LogP contribution < -0.4 is 5.73 Å². The molecule has 0 bridgehead atoms. The average Bonchev–Trinajstić information content (AvgIpc) is 2.54. The zero-order valence-corrected chi connectivity index (χ0v) is 14.6. The van der Waals surface area contributed by atoms with E-state index in [1.807, 2.05) is 30.3 Å². The monoisotopic (exact) mass is 336 g/mol. The lowest BCUT2D eigenvalue weighted by atomic mass is 10.0. The number of fused-ring (bicyclic) bond motifs is 1. The highest BCUT2D eigenvalue weighted by Gasteiger charge is 2.12. The first-order valence-corrected chi connectivity index (χ1v) is 7.83. The number of rotatable bonds is 7. The van der Waals surface area contributed by atoms with Crippen molar-refractivity contribution in [3.8, 4) is 0 Å². The number of hydrogen-bond donors (Lipinski definition) is 1. The number of nitrogens with two attached hydrogens (primary N) is 1. The van der Waals surface area contributed by atoms with Crippen molar-refractivity contribution >= 4 is 34.8 Å². The van der Waals surface area contributed by atoms with Crippen LogP contribution in [0.5, 0.6) is 0 Å².